The van der Waals surface area contributed by atoms with Crippen LogP contribution in [0.25, 0.3) is 0 Å². The Labute approximate surface area is 119 Å². The lowest BCUT2D eigenvalue weighted by Gasteiger charge is -2.19. The van der Waals surface area contributed by atoms with Gasteiger partial charge < -0.3 is 14.8 Å². The van der Waals surface area contributed by atoms with Crippen LogP contribution in [0.15, 0.2) is 18.2 Å². The summed E-state index contributed by atoms with van der Waals surface area (Å²) in [6, 6.07) is 7.14. The molecule has 0 heterocycles. The maximum atomic E-state index is 11.6. The summed E-state index contributed by atoms with van der Waals surface area (Å²) in [7, 11) is 1.54. The van der Waals surface area contributed by atoms with E-state index in [4.69, 9.17) is 14.7 Å². The molecule has 108 valence electrons. The fourth-order valence-corrected chi connectivity index (χ4v) is 1.60. The fraction of sp³-hybridized carbons (Fsp3) is 0.467. The summed E-state index contributed by atoms with van der Waals surface area (Å²) in [5.74, 6) is 0.325. The standard InChI is InChI=1S/C15H20N2O3/c1-15(2,3)20-14(18)7-8-17-12-6-5-11(10-16)9-13(12)19-4/h5-6,9,17H,7-8H2,1-4H3. The minimum atomic E-state index is -0.469. The second-order valence-electron chi connectivity index (χ2n) is 5.29. The van der Waals surface area contributed by atoms with E-state index in [0.717, 1.165) is 5.69 Å². The van der Waals surface area contributed by atoms with E-state index >= 15 is 0 Å². The van der Waals surface area contributed by atoms with Crippen molar-refractivity contribution < 1.29 is 14.3 Å². The van der Waals surface area contributed by atoms with E-state index in [9.17, 15) is 4.79 Å². The summed E-state index contributed by atoms with van der Waals surface area (Å²) in [5.41, 5.74) is 0.804. The summed E-state index contributed by atoms with van der Waals surface area (Å²) in [4.78, 5) is 11.6. The Hall–Kier alpha value is -2.22. The molecule has 0 aliphatic heterocycles. The molecule has 0 saturated carbocycles. The van der Waals surface area contributed by atoms with Gasteiger partial charge in [0.1, 0.15) is 11.4 Å². The number of nitrogens with zero attached hydrogens (tertiary/aromatic N) is 1. The zero-order valence-corrected chi connectivity index (χ0v) is 12.3. The molecule has 0 fully saturated rings. The van der Waals surface area contributed by atoms with E-state index in [-0.39, 0.29) is 12.4 Å². The number of rotatable bonds is 5. The van der Waals surface area contributed by atoms with Crippen LogP contribution >= 0.6 is 0 Å². The SMILES string of the molecule is COc1cc(C#N)ccc1NCCC(=O)OC(C)(C)C. The molecule has 5 heteroatoms. The van der Waals surface area contributed by atoms with Crippen LogP contribution in [0.3, 0.4) is 0 Å². The van der Waals surface area contributed by atoms with Crippen LogP contribution in [-0.2, 0) is 9.53 Å². The lowest BCUT2D eigenvalue weighted by atomic mass is 10.2. The lowest BCUT2D eigenvalue weighted by molar-refractivity contribution is -0.154. The van der Waals surface area contributed by atoms with Gasteiger partial charge in [0.15, 0.2) is 0 Å². The molecule has 1 rings (SSSR count). The molecule has 0 saturated heterocycles. The minimum absolute atomic E-state index is 0.252. The minimum Gasteiger partial charge on any atom is -0.495 e. The van der Waals surface area contributed by atoms with Gasteiger partial charge in [-0.2, -0.15) is 5.26 Å². The van der Waals surface area contributed by atoms with Crippen LogP contribution in [0.4, 0.5) is 5.69 Å². The number of hydrogen-bond donors (Lipinski definition) is 1. The third kappa shape index (κ3) is 5.19. The van der Waals surface area contributed by atoms with Crippen molar-refractivity contribution in [2.75, 3.05) is 19.0 Å². The zero-order valence-electron chi connectivity index (χ0n) is 12.3. The fourth-order valence-electron chi connectivity index (χ4n) is 1.60. The Morgan fingerprint density at radius 1 is 1.40 bits per heavy atom. The summed E-state index contributed by atoms with van der Waals surface area (Å²) in [6.07, 6.45) is 0.264. The molecule has 0 spiro atoms. The van der Waals surface area contributed by atoms with Crippen LogP contribution in [-0.4, -0.2) is 25.2 Å². The van der Waals surface area contributed by atoms with E-state index in [1.807, 2.05) is 26.8 Å². The highest BCUT2D eigenvalue weighted by molar-refractivity contribution is 5.71. The Morgan fingerprint density at radius 3 is 2.65 bits per heavy atom. The van der Waals surface area contributed by atoms with Gasteiger partial charge in [-0.15, -0.1) is 0 Å². The zero-order chi connectivity index (χ0) is 15.2. The number of methoxy groups -OCH3 is 1. The first-order chi connectivity index (χ1) is 9.35. The highest BCUT2D eigenvalue weighted by Gasteiger charge is 2.15. The number of ether oxygens (including phenoxy) is 2. The van der Waals surface area contributed by atoms with Gasteiger partial charge in [0.05, 0.1) is 30.9 Å². The molecule has 0 aliphatic rings. The molecule has 0 bridgehead atoms. The van der Waals surface area contributed by atoms with Gasteiger partial charge in [-0.1, -0.05) is 0 Å². The maximum Gasteiger partial charge on any atom is 0.308 e. The van der Waals surface area contributed by atoms with Crippen molar-refractivity contribution in [3.05, 3.63) is 23.8 Å². The van der Waals surface area contributed by atoms with E-state index < -0.39 is 5.60 Å². The Balaban J connectivity index is 2.54. The molecule has 0 amide bonds. The second-order valence-corrected chi connectivity index (χ2v) is 5.29. The number of hydrogen-bond acceptors (Lipinski definition) is 5. The largest absolute Gasteiger partial charge is 0.495 e. The van der Waals surface area contributed by atoms with E-state index in [1.54, 1.807) is 18.2 Å². The van der Waals surface area contributed by atoms with E-state index in [0.29, 0.717) is 17.9 Å². The predicted molar refractivity (Wildman–Crippen MR) is 76.7 cm³/mol. The number of anilines is 1. The van der Waals surface area contributed by atoms with Crippen molar-refractivity contribution in [2.45, 2.75) is 32.8 Å². The second kappa shape index (κ2) is 6.80. The Bertz CT molecular complexity index is 513. The third-order valence-electron chi connectivity index (χ3n) is 2.40. The molecule has 1 aromatic carbocycles. The predicted octanol–water partition coefficient (Wildman–Crippen LogP) is 2.71. The van der Waals surface area contributed by atoms with E-state index in [1.165, 1.54) is 7.11 Å². The lowest BCUT2D eigenvalue weighted by Crippen LogP contribution is -2.25. The number of nitrogens with one attached hydrogen (secondary N) is 1. The van der Waals surface area contributed by atoms with Crippen LogP contribution in [0, 0.1) is 11.3 Å². The Morgan fingerprint density at radius 2 is 2.10 bits per heavy atom. The number of carbonyl (C=O) groups excluding carboxylic acids is 1. The molecule has 20 heavy (non-hydrogen) atoms. The van der Waals surface area contributed by atoms with Crippen molar-refractivity contribution in [3.63, 3.8) is 0 Å². The van der Waals surface area contributed by atoms with Crippen LogP contribution in [0.5, 0.6) is 5.75 Å². The van der Waals surface area contributed by atoms with Crippen molar-refractivity contribution in [1.82, 2.24) is 0 Å². The van der Waals surface area contributed by atoms with E-state index in [2.05, 4.69) is 5.32 Å². The van der Waals surface area contributed by atoms with Gasteiger partial charge in [-0.3, -0.25) is 4.79 Å². The normalized spacial score (nSPS) is 10.6. The molecule has 0 atom stereocenters. The third-order valence-corrected chi connectivity index (χ3v) is 2.40. The Kier molecular flexibility index (Phi) is 5.39. The molecular weight excluding hydrogens is 256 g/mol. The highest BCUT2D eigenvalue weighted by atomic mass is 16.6. The van der Waals surface area contributed by atoms with Gasteiger partial charge in [-0.05, 0) is 32.9 Å². The summed E-state index contributed by atoms with van der Waals surface area (Å²) in [5, 5.41) is 11.9. The molecule has 0 aromatic heterocycles. The number of esters is 1. The van der Waals surface area contributed by atoms with Gasteiger partial charge in [0, 0.05) is 12.6 Å². The smallest absolute Gasteiger partial charge is 0.308 e. The quantitative estimate of drug-likeness (QED) is 0.837. The number of nitriles is 1. The molecule has 0 radical (unpaired) electrons. The molecule has 1 aromatic rings. The van der Waals surface area contributed by atoms with Crippen molar-refractivity contribution in [1.29, 1.82) is 5.26 Å². The van der Waals surface area contributed by atoms with Gasteiger partial charge in [0.25, 0.3) is 0 Å². The average Bonchev–Trinajstić information content (AvgIpc) is 2.36. The number of benzene rings is 1. The van der Waals surface area contributed by atoms with Crippen molar-refractivity contribution >= 4 is 11.7 Å². The summed E-state index contributed by atoms with van der Waals surface area (Å²) in [6.45, 7) is 5.95. The molecule has 0 aliphatic carbocycles. The monoisotopic (exact) mass is 276 g/mol. The van der Waals surface area contributed by atoms with Crippen LogP contribution < -0.4 is 10.1 Å². The van der Waals surface area contributed by atoms with Gasteiger partial charge in [-0.25, -0.2) is 0 Å². The first-order valence-electron chi connectivity index (χ1n) is 6.39. The van der Waals surface area contributed by atoms with Crippen LogP contribution in [0.2, 0.25) is 0 Å². The first kappa shape index (κ1) is 15.8. The molecular formula is C15H20N2O3. The summed E-state index contributed by atoms with van der Waals surface area (Å²) >= 11 is 0. The van der Waals surface area contributed by atoms with Gasteiger partial charge in [0.2, 0.25) is 0 Å². The van der Waals surface area contributed by atoms with Crippen molar-refractivity contribution in [2.24, 2.45) is 0 Å². The first-order valence-corrected chi connectivity index (χ1v) is 6.39. The average molecular weight is 276 g/mol. The molecule has 1 N–H and O–H groups in total. The highest BCUT2D eigenvalue weighted by Crippen LogP contribution is 2.25. The molecule has 0 unspecified atom stereocenters. The maximum absolute atomic E-state index is 11.6. The topological polar surface area (TPSA) is 71.3 Å². The van der Waals surface area contributed by atoms with Crippen molar-refractivity contribution in [3.8, 4) is 11.8 Å². The number of carbonyl (C=O) groups is 1. The van der Waals surface area contributed by atoms with Gasteiger partial charge >= 0.3 is 5.97 Å². The molecule has 5 nitrogen and oxygen atoms in total. The van der Waals surface area contributed by atoms with Crippen LogP contribution in [0.1, 0.15) is 32.8 Å². The summed E-state index contributed by atoms with van der Waals surface area (Å²) < 4.78 is 10.4.